The highest BCUT2D eigenvalue weighted by atomic mass is 16.5. The Hall–Kier alpha value is -3.08. The van der Waals surface area contributed by atoms with E-state index in [1.54, 1.807) is 0 Å². The van der Waals surface area contributed by atoms with Gasteiger partial charge in [0.2, 0.25) is 5.91 Å². The van der Waals surface area contributed by atoms with Crippen molar-refractivity contribution in [2.45, 2.75) is 19.3 Å². The molecule has 1 heterocycles. The van der Waals surface area contributed by atoms with Crippen molar-refractivity contribution in [1.29, 1.82) is 0 Å². The molecule has 162 valence electrons. The minimum atomic E-state index is -0.409. The number of piperazine rings is 1. The number of hydrogen-bond acceptors (Lipinski definition) is 4. The largest absolute Gasteiger partial charge is 0.469 e. The van der Waals surface area contributed by atoms with Gasteiger partial charge in [-0.05, 0) is 37.0 Å². The monoisotopic (exact) mass is 418 g/mol. The van der Waals surface area contributed by atoms with Gasteiger partial charge in [0.05, 0.1) is 18.9 Å². The molecule has 4 rings (SSSR count). The first-order valence-corrected chi connectivity index (χ1v) is 11.1. The van der Waals surface area contributed by atoms with Crippen LogP contribution in [0.4, 0.5) is 5.69 Å². The molecule has 1 amide bonds. The van der Waals surface area contributed by atoms with Crippen molar-refractivity contribution < 1.29 is 14.3 Å². The number of rotatable bonds is 4. The fraction of sp³-hybridized carbons (Fsp3) is 0.385. The molecule has 0 N–H and O–H groups in total. The Kier molecular flexibility index (Phi) is 6.70. The summed E-state index contributed by atoms with van der Waals surface area (Å²) in [6.07, 6.45) is 4.26. The van der Waals surface area contributed by atoms with Crippen LogP contribution in [-0.4, -0.2) is 50.1 Å². The lowest BCUT2D eigenvalue weighted by Crippen LogP contribution is -2.52. The van der Waals surface area contributed by atoms with Crippen LogP contribution in [0.15, 0.2) is 66.2 Å². The molecular weight excluding hydrogens is 388 g/mol. The van der Waals surface area contributed by atoms with Crippen molar-refractivity contribution in [2.24, 2.45) is 11.8 Å². The second-order valence-corrected chi connectivity index (χ2v) is 8.34. The second-order valence-electron chi connectivity index (χ2n) is 8.34. The van der Waals surface area contributed by atoms with Crippen molar-refractivity contribution in [3.63, 3.8) is 0 Å². The number of carbonyl (C=O) groups excluding carboxylic acids is 2. The lowest BCUT2D eigenvalue weighted by molar-refractivity contribution is -0.154. The number of esters is 1. The van der Waals surface area contributed by atoms with Crippen molar-refractivity contribution in [3.05, 3.63) is 71.8 Å². The standard InChI is InChI=1S/C26H30N2O3/c1-31-26(30)24-19-21(18-20-8-4-2-5-9-20)12-13-23(24)25(29)28-16-14-27(15-17-28)22-10-6-3-7-11-22/h2-11,18,23-24H,12-17,19H2,1H3/t23-,24-/m0/s1. The molecule has 1 saturated carbocycles. The van der Waals surface area contributed by atoms with Crippen molar-refractivity contribution in [1.82, 2.24) is 4.90 Å². The van der Waals surface area contributed by atoms with Crippen molar-refractivity contribution in [3.8, 4) is 0 Å². The van der Waals surface area contributed by atoms with Gasteiger partial charge in [0.15, 0.2) is 0 Å². The van der Waals surface area contributed by atoms with E-state index in [-0.39, 0.29) is 17.8 Å². The van der Waals surface area contributed by atoms with Gasteiger partial charge in [-0.1, -0.05) is 60.2 Å². The number of hydrogen-bond donors (Lipinski definition) is 0. The molecule has 1 saturated heterocycles. The maximum atomic E-state index is 13.4. The molecule has 0 unspecified atom stereocenters. The summed E-state index contributed by atoms with van der Waals surface area (Å²) in [5, 5.41) is 0. The fourth-order valence-corrected chi connectivity index (χ4v) is 4.74. The predicted molar refractivity (Wildman–Crippen MR) is 123 cm³/mol. The van der Waals surface area contributed by atoms with Crippen LogP contribution in [0.2, 0.25) is 0 Å². The molecule has 5 nitrogen and oxygen atoms in total. The Morgan fingerprint density at radius 1 is 0.903 bits per heavy atom. The van der Waals surface area contributed by atoms with Gasteiger partial charge in [-0.2, -0.15) is 0 Å². The average molecular weight is 419 g/mol. The summed E-state index contributed by atoms with van der Waals surface area (Å²) < 4.78 is 5.09. The van der Waals surface area contributed by atoms with Gasteiger partial charge >= 0.3 is 5.97 Å². The van der Waals surface area contributed by atoms with E-state index in [4.69, 9.17) is 4.74 Å². The van der Waals surface area contributed by atoms with E-state index in [1.807, 2.05) is 41.3 Å². The van der Waals surface area contributed by atoms with E-state index in [2.05, 4.69) is 35.2 Å². The highest BCUT2D eigenvalue weighted by molar-refractivity contribution is 5.86. The third kappa shape index (κ3) is 4.98. The topological polar surface area (TPSA) is 49.9 Å². The Bertz CT molecular complexity index is 918. The Balaban J connectivity index is 1.42. The van der Waals surface area contributed by atoms with E-state index >= 15 is 0 Å². The van der Waals surface area contributed by atoms with Crippen molar-refractivity contribution >= 4 is 23.6 Å². The molecule has 2 aromatic carbocycles. The lowest BCUT2D eigenvalue weighted by atomic mass is 9.75. The summed E-state index contributed by atoms with van der Waals surface area (Å²) in [6, 6.07) is 20.4. The van der Waals surface area contributed by atoms with E-state index in [9.17, 15) is 9.59 Å². The van der Waals surface area contributed by atoms with Crippen LogP contribution in [0, 0.1) is 11.8 Å². The Morgan fingerprint density at radius 2 is 1.55 bits per heavy atom. The third-order valence-electron chi connectivity index (χ3n) is 6.45. The SMILES string of the molecule is COC(=O)[C@H]1CC(=Cc2ccccc2)CC[C@@H]1C(=O)N1CCN(c2ccccc2)CC1. The number of amides is 1. The van der Waals surface area contributed by atoms with Crippen LogP contribution in [0.5, 0.6) is 0 Å². The smallest absolute Gasteiger partial charge is 0.309 e. The summed E-state index contributed by atoms with van der Waals surface area (Å²) >= 11 is 0. The van der Waals surface area contributed by atoms with E-state index in [0.717, 1.165) is 25.1 Å². The number of carbonyl (C=O) groups is 2. The normalized spacial score (nSPS) is 22.9. The number of benzene rings is 2. The van der Waals surface area contributed by atoms with Gasteiger partial charge < -0.3 is 14.5 Å². The fourth-order valence-electron chi connectivity index (χ4n) is 4.74. The first-order chi connectivity index (χ1) is 15.2. The van der Waals surface area contributed by atoms with Crippen LogP contribution >= 0.6 is 0 Å². The van der Waals surface area contributed by atoms with E-state index < -0.39 is 5.92 Å². The number of anilines is 1. The summed E-state index contributed by atoms with van der Waals surface area (Å²) in [6.45, 7) is 2.99. The molecule has 0 radical (unpaired) electrons. The zero-order valence-corrected chi connectivity index (χ0v) is 18.1. The quantitative estimate of drug-likeness (QED) is 0.704. The zero-order valence-electron chi connectivity index (χ0n) is 18.1. The highest BCUT2D eigenvalue weighted by Crippen LogP contribution is 2.37. The lowest BCUT2D eigenvalue weighted by Gasteiger charge is -2.39. The number of nitrogens with zero attached hydrogens (tertiary/aromatic N) is 2. The molecule has 5 heteroatoms. The number of para-hydroxylation sites is 1. The summed E-state index contributed by atoms with van der Waals surface area (Å²) in [7, 11) is 1.41. The van der Waals surface area contributed by atoms with Gasteiger partial charge in [-0.25, -0.2) is 0 Å². The van der Waals surface area contributed by atoms with Gasteiger partial charge in [0.1, 0.15) is 0 Å². The average Bonchev–Trinajstić information content (AvgIpc) is 2.84. The van der Waals surface area contributed by atoms with Crippen LogP contribution in [0.3, 0.4) is 0 Å². The van der Waals surface area contributed by atoms with Crippen LogP contribution in [0.25, 0.3) is 6.08 Å². The van der Waals surface area contributed by atoms with Gasteiger partial charge in [0, 0.05) is 31.9 Å². The third-order valence-corrected chi connectivity index (χ3v) is 6.45. The minimum Gasteiger partial charge on any atom is -0.469 e. The van der Waals surface area contributed by atoms with Gasteiger partial charge in [-0.3, -0.25) is 9.59 Å². The first kappa shape index (κ1) is 21.2. The second kappa shape index (κ2) is 9.82. The Morgan fingerprint density at radius 3 is 2.19 bits per heavy atom. The number of methoxy groups -OCH3 is 1. The van der Waals surface area contributed by atoms with E-state index in [0.29, 0.717) is 25.9 Å². The number of allylic oxidation sites excluding steroid dienone is 1. The Labute approximate surface area is 184 Å². The molecule has 0 spiro atoms. The van der Waals surface area contributed by atoms with Gasteiger partial charge in [-0.15, -0.1) is 0 Å². The molecule has 31 heavy (non-hydrogen) atoms. The van der Waals surface area contributed by atoms with Crippen LogP contribution in [-0.2, 0) is 14.3 Å². The summed E-state index contributed by atoms with van der Waals surface area (Å²) in [5.41, 5.74) is 3.53. The van der Waals surface area contributed by atoms with E-state index in [1.165, 1.54) is 18.4 Å². The van der Waals surface area contributed by atoms with Crippen molar-refractivity contribution in [2.75, 3.05) is 38.2 Å². The molecule has 0 bridgehead atoms. The summed E-state index contributed by atoms with van der Waals surface area (Å²) in [5.74, 6) is -0.890. The molecule has 2 aliphatic rings. The number of ether oxygens (including phenoxy) is 1. The highest BCUT2D eigenvalue weighted by Gasteiger charge is 2.40. The molecule has 1 aliphatic carbocycles. The predicted octanol–water partition coefficient (Wildman–Crippen LogP) is 4.01. The molecule has 2 fully saturated rings. The molecule has 1 aliphatic heterocycles. The zero-order chi connectivity index (χ0) is 21.6. The first-order valence-electron chi connectivity index (χ1n) is 11.1. The molecule has 0 aromatic heterocycles. The molecular formula is C26H30N2O3. The maximum absolute atomic E-state index is 13.4. The molecule has 2 aromatic rings. The summed E-state index contributed by atoms with van der Waals surface area (Å²) in [4.78, 5) is 30.2. The van der Waals surface area contributed by atoms with Crippen LogP contribution < -0.4 is 4.90 Å². The maximum Gasteiger partial charge on any atom is 0.309 e. The molecule has 2 atom stereocenters. The minimum absolute atomic E-state index is 0.0990. The van der Waals surface area contributed by atoms with Crippen LogP contribution in [0.1, 0.15) is 24.8 Å². The van der Waals surface area contributed by atoms with Gasteiger partial charge in [0.25, 0.3) is 0 Å².